The van der Waals surface area contributed by atoms with Crippen LogP contribution in [-0.2, 0) is 14.0 Å². The summed E-state index contributed by atoms with van der Waals surface area (Å²) in [5.74, 6) is -1.22. The number of hydrogen-bond acceptors (Lipinski definition) is 3. The van der Waals surface area contributed by atoms with Gasteiger partial charge in [0.1, 0.15) is 0 Å². The number of ether oxygens (including phenoxy) is 1. The van der Waals surface area contributed by atoms with Gasteiger partial charge in [-0.05, 0) is 15.4 Å². The van der Waals surface area contributed by atoms with Crippen LogP contribution in [0.4, 0.5) is 0 Å². The lowest BCUT2D eigenvalue weighted by molar-refractivity contribution is -0.175. The maximum Gasteiger partial charge on any atom is 0.311 e. The first-order chi connectivity index (χ1) is 12.2. The Morgan fingerprint density at radius 1 is 1.00 bits per heavy atom. The summed E-state index contributed by atoms with van der Waals surface area (Å²) in [6.07, 6.45) is 0.580. The van der Waals surface area contributed by atoms with Crippen molar-refractivity contribution in [2.24, 2.45) is 5.92 Å². The van der Waals surface area contributed by atoms with E-state index in [9.17, 15) is 4.79 Å². The van der Waals surface area contributed by atoms with Crippen LogP contribution >= 0.6 is 0 Å². The highest BCUT2D eigenvalue weighted by Gasteiger charge is 2.56. The minimum Gasteiger partial charge on any atom is -0.434 e. The predicted octanol–water partition coefficient (Wildman–Crippen LogP) is 3.86. The first kappa shape index (κ1) is 18.9. The number of hydrogen-bond donors (Lipinski definition) is 0. The van der Waals surface area contributed by atoms with Gasteiger partial charge in [-0.25, -0.2) is 0 Å². The Morgan fingerprint density at radius 2 is 1.46 bits per heavy atom. The molecule has 1 heterocycles. The fraction of sp³-hybridized carbons (Fsp3) is 0.409. The van der Waals surface area contributed by atoms with E-state index in [2.05, 4.69) is 69.3 Å². The van der Waals surface area contributed by atoms with Crippen molar-refractivity contribution in [3.8, 4) is 0 Å². The second kappa shape index (κ2) is 6.67. The summed E-state index contributed by atoms with van der Waals surface area (Å²) in [5, 5.41) is 2.24. The Morgan fingerprint density at radius 3 is 1.81 bits per heavy atom. The monoisotopic (exact) mass is 368 g/mol. The molecule has 26 heavy (non-hydrogen) atoms. The van der Waals surface area contributed by atoms with E-state index in [-0.39, 0.29) is 16.9 Å². The lowest BCUT2D eigenvalue weighted by Gasteiger charge is -2.46. The molecule has 0 unspecified atom stereocenters. The van der Waals surface area contributed by atoms with E-state index in [1.54, 1.807) is 0 Å². The van der Waals surface area contributed by atoms with E-state index < -0.39 is 14.1 Å². The van der Waals surface area contributed by atoms with E-state index in [0.717, 1.165) is 0 Å². The number of esters is 1. The van der Waals surface area contributed by atoms with Gasteiger partial charge in [-0.2, -0.15) is 0 Å². The number of rotatable bonds is 4. The Labute approximate surface area is 157 Å². The quantitative estimate of drug-likeness (QED) is 0.607. The molecule has 2 atom stereocenters. The smallest absolute Gasteiger partial charge is 0.311 e. The van der Waals surface area contributed by atoms with Crippen LogP contribution in [0.1, 0.15) is 41.0 Å². The molecule has 0 radical (unpaired) electrons. The van der Waals surface area contributed by atoms with E-state index in [0.29, 0.717) is 6.42 Å². The summed E-state index contributed by atoms with van der Waals surface area (Å²) in [7, 11) is -2.72. The molecule has 0 N–H and O–H groups in total. The molecule has 0 aliphatic carbocycles. The highest BCUT2D eigenvalue weighted by molar-refractivity contribution is 6.99. The fourth-order valence-electron chi connectivity index (χ4n) is 4.03. The standard InChI is InChI=1S/C22H28O3Si/c1-17-16-22(5,24-20(17)23)25-26(21(2,3)4,18-12-8-6-9-13-18)19-14-10-7-11-15-19/h6-15,17H,16H2,1-5H3/t17-,22+/m0/s1. The molecule has 3 nitrogen and oxygen atoms in total. The SMILES string of the molecule is C[C@H]1C[C@@](C)(O[Si](c2ccccc2)(c2ccccc2)C(C)(C)C)OC1=O. The van der Waals surface area contributed by atoms with Crippen LogP contribution in [-0.4, -0.2) is 20.1 Å². The molecule has 1 saturated heterocycles. The van der Waals surface area contributed by atoms with Gasteiger partial charge in [0.05, 0.1) is 5.92 Å². The van der Waals surface area contributed by atoms with Crippen LogP contribution < -0.4 is 10.4 Å². The van der Waals surface area contributed by atoms with Gasteiger partial charge in [0.15, 0.2) is 0 Å². The third-order valence-corrected chi connectivity index (χ3v) is 10.3. The molecule has 138 valence electrons. The molecular formula is C22H28O3Si. The highest BCUT2D eigenvalue weighted by atomic mass is 28.4. The summed E-state index contributed by atoms with van der Waals surface area (Å²) >= 11 is 0. The van der Waals surface area contributed by atoms with Crippen molar-refractivity contribution in [2.45, 2.75) is 51.9 Å². The fourth-order valence-corrected chi connectivity index (χ4v) is 8.73. The molecule has 4 heteroatoms. The van der Waals surface area contributed by atoms with Crippen molar-refractivity contribution < 1.29 is 14.0 Å². The summed E-state index contributed by atoms with van der Waals surface area (Å²) in [4.78, 5) is 12.1. The highest BCUT2D eigenvalue weighted by Crippen LogP contribution is 2.42. The zero-order valence-corrected chi connectivity index (χ0v) is 17.3. The van der Waals surface area contributed by atoms with Gasteiger partial charge in [-0.3, -0.25) is 4.79 Å². The van der Waals surface area contributed by atoms with E-state index in [4.69, 9.17) is 9.16 Å². The molecule has 0 aromatic heterocycles. The number of carbonyl (C=O) groups excluding carboxylic acids is 1. The topological polar surface area (TPSA) is 35.5 Å². The molecule has 0 amide bonds. The summed E-state index contributed by atoms with van der Waals surface area (Å²) < 4.78 is 12.7. The van der Waals surface area contributed by atoms with Gasteiger partial charge in [-0.1, -0.05) is 88.4 Å². The Hall–Kier alpha value is -1.91. The van der Waals surface area contributed by atoms with Crippen molar-refractivity contribution in [3.05, 3.63) is 60.7 Å². The average molecular weight is 369 g/mol. The first-order valence-corrected chi connectivity index (χ1v) is 11.1. The lowest BCUT2D eigenvalue weighted by atomic mass is 10.1. The third-order valence-electron chi connectivity index (χ3n) is 5.18. The van der Waals surface area contributed by atoms with Crippen molar-refractivity contribution in [1.29, 1.82) is 0 Å². The second-order valence-corrected chi connectivity index (χ2v) is 12.6. The molecule has 2 aromatic rings. The third kappa shape index (κ3) is 3.24. The maximum atomic E-state index is 12.1. The Balaban J connectivity index is 2.20. The largest absolute Gasteiger partial charge is 0.434 e. The predicted molar refractivity (Wildman–Crippen MR) is 107 cm³/mol. The van der Waals surface area contributed by atoms with Crippen LogP contribution in [0.3, 0.4) is 0 Å². The lowest BCUT2D eigenvalue weighted by Crippen LogP contribution is -2.69. The van der Waals surface area contributed by atoms with Crippen molar-refractivity contribution in [3.63, 3.8) is 0 Å². The minimum atomic E-state index is -2.72. The summed E-state index contributed by atoms with van der Waals surface area (Å²) in [5.41, 5.74) is 0. The molecule has 1 fully saturated rings. The van der Waals surface area contributed by atoms with Crippen molar-refractivity contribution >= 4 is 24.7 Å². The normalized spacial score (nSPS) is 23.7. The Kier molecular flexibility index (Phi) is 4.84. The molecule has 0 saturated carbocycles. The summed E-state index contributed by atoms with van der Waals surface area (Å²) in [6.45, 7) is 10.5. The van der Waals surface area contributed by atoms with Crippen molar-refractivity contribution in [2.75, 3.05) is 0 Å². The molecular weight excluding hydrogens is 340 g/mol. The Bertz CT molecular complexity index is 727. The van der Waals surface area contributed by atoms with Gasteiger partial charge in [0, 0.05) is 13.3 Å². The first-order valence-electron chi connectivity index (χ1n) is 9.22. The maximum absolute atomic E-state index is 12.1. The van der Waals surface area contributed by atoms with Gasteiger partial charge >= 0.3 is 5.97 Å². The second-order valence-electron chi connectivity index (χ2n) is 8.43. The van der Waals surface area contributed by atoms with Crippen molar-refractivity contribution in [1.82, 2.24) is 0 Å². The zero-order chi connectivity index (χ0) is 19.0. The van der Waals surface area contributed by atoms with Crippen LogP contribution in [0.5, 0.6) is 0 Å². The molecule has 2 aromatic carbocycles. The van der Waals surface area contributed by atoms with E-state index >= 15 is 0 Å². The molecule has 3 rings (SSSR count). The molecule has 0 spiro atoms. The van der Waals surface area contributed by atoms with Crippen LogP contribution in [0.15, 0.2) is 60.7 Å². The van der Waals surface area contributed by atoms with Gasteiger partial charge < -0.3 is 9.16 Å². The van der Waals surface area contributed by atoms with Crippen LogP contribution in [0, 0.1) is 5.92 Å². The number of cyclic esters (lactones) is 1. The minimum absolute atomic E-state index is 0.141. The van der Waals surface area contributed by atoms with Gasteiger partial charge in [0.2, 0.25) is 5.79 Å². The number of benzene rings is 2. The number of carbonyl (C=O) groups is 1. The van der Waals surface area contributed by atoms with Gasteiger partial charge in [0.25, 0.3) is 8.32 Å². The molecule has 1 aliphatic rings. The average Bonchev–Trinajstić information content (AvgIpc) is 2.85. The summed E-state index contributed by atoms with van der Waals surface area (Å²) in [6, 6.07) is 20.9. The molecule has 0 bridgehead atoms. The van der Waals surface area contributed by atoms with Crippen LogP contribution in [0.25, 0.3) is 0 Å². The zero-order valence-electron chi connectivity index (χ0n) is 16.3. The molecule has 1 aliphatic heterocycles. The van der Waals surface area contributed by atoms with E-state index in [1.807, 2.05) is 26.0 Å². The van der Waals surface area contributed by atoms with E-state index in [1.165, 1.54) is 10.4 Å². The van der Waals surface area contributed by atoms with Crippen LogP contribution in [0.2, 0.25) is 5.04 Å². The van der Waals surface area contributed by atoms with Gasteiger partial charge in [-0.15, -0.1) is 0 Å².